The summed E-state index contributed by atoms with van der Waals surface area (Å²) < 4.78 is 18.0. The topological polar surface area (TPSA) is 98.5 Å². The Morgan fingerprint density at radius 1 is 1.17 bits per heavy atom. The predicted octanol–water partition coefficient (Wildman–Crippen LogP) is 1.45. The van der Waals surface area contributed by atoms with E-state index in [-0.39, 0.29) is 11.5 Å². The molecule has 0 radical (unpaired) electrons. The summed E-state index contributed by atoms with van der Waals surface area (Å²) in [6, 6.07) is 3.91. The average molecular weight is 324 g/mol. The van der Waals surface area contributed by atoms with Crippen LogP contribution in [0.25, 0.3) is 0 Å². The lowest BCUT2D eigenvalue weighted by Gasteiger charge is -2.22. The second kappa shape index (κ2) is 7.21. The summed E-state index contributed by atoms with van der Waals surface area (Å²) >= 11 is 0. The quantitative estimate of drug-likeness (QED) is 0.801. The third-order valence-corrected chi connectivity index (χ3v) is 3.05. The van der Waals surface area contributed by atoms with Crippen LogP contribution in [0.3, 0.4) is 0 Å². The smallest absolute Gasteiger partial charge is 0.329 e. The summed E-state index contributed by atoms with van der Waals surface area (Å²) in [7, 11) is 0. The Bertz CT molecular complexity index is 593. The third-order valence-electron chi connectivity index (χ3n) is 3.05. The maximum atomic E-state index is 12.9. The van der Waals surface area contributed by atoms with Gasteiger partial charge in [0, 0.05) is 11.0 Å². The third kappa shape index (κ3) is 5.36. The lowest BCUT2D eigenvalue weighted by Crippen LogP contribution is -2.45. The fraction of sp³-hybridized carbons (Fsp3) is 0.438. The first-order valence-corrected chi connectivity index (χ1v) is 7.08. The van der Waals surface area contributed by atoms with Crippen LogP contribution in [-0.2, 0) is 19.1 Å². The molecule has 126 valence electrons. The second-order valence-electron chi connectivity index (χ2n) is 6.22. The maximum absolute atomic E-state index is 12.9. The van der Waals surface area contributed by atoms with Crippen molar-refractivity contribution in [2.75, 3.05) is 0 Å². The lowest BCUT2D eigenvalue weighted by molar-refractivity contribution is -0.158. The van der Waals surface area contributed by atoms with Gasteiger partial charge < -0.3 is 15.8 Å². The highest BCUT2D eigenvalue weighted by atomic mass is 19.1. The van der Waals surface area contributed by atoms with Gasteiger partial charge in [0.05, 0.1) is 0 Å². The van der Waals surface area contributed by atoms with Crippen molar-refractivity contribution in [1.82, 2.24) is 5.32 Å². The van der Waals surface area contributed by atoms with Crippen LogP contribution in [0.1, 0.15) is 39.4 Å². The number of rotatable bonds is 5. The summed E-state index contributed by atoms with van der Waals surface area (Å²) in [6.07, 6.45) is -1.35. The number of halogens is 1. The van der Waals surface area contributed by atoms with Crippen molar-refractivity contribution < 1.29 is 23.5 Å². The number of carbonyl (C=O) groups excluding carboxylic acids is 3. The van der Waals surface area contributed by atoms with Gasteiger partial charge in [-0.1, -0.05) is 32.9 Å². The zero-order chi connectivity index (χ0) is 17.8. The number of hydrogen-bond donors (Lipinski definition) is 2. The van der Waals surface area contributed by atoms with Crippen molar-refractivity contribution >= 4 is 17.8 Å². The van der Waals surface area contributed by atoms with Crippen LogP contribution in [0.2, 0.25) is 0 Å². The molecule has 1 rings (SSSR count). The molecule has 0 saturated carbocycles. The van der Waals surface area contributed by atoms with E-state index in [1.165, 1.54) is 19.1 Å². The highest BCUT2D eigenvalue weighted by Crippen LogP contribution is 2.19. The maximum Gasteiger partial charge on any atom is 0.329 e. The van der Waals surface area contributed by atoms with Gasteiger partial charge in [0.1, 0.15) is 11.9 Å². The summed E-state index contributed by atoms with van der Waals surface area (Å²) in [4.78, 5) is 35.4. The number of esters is 1. The number of benzene rings is 1. The Morgan fingerprint density at radius 2 is 1.70 bits per heavy atom. The zero-order valence-electron chi connectivity index (χ0n) is 13.6. The van der Waals surface area contributed by atoms with Crippen molar-refractivity contribution in [3.8, 4) is 0 Å². The molecule has 0 aliphatic rings. The van der Waals surface area contributed by atoms with Gasteiger partial charge in [0.2, 0.25) is 12.0 Å². The normalized spacial score (nSPS) is 13.8. The van der Waals surface area contributed by atoms with Gasteiger partial charge in [0.15, 0.2) is 0 Å². The van der Waals surface area contributed by atoms with Crippen molar-refractivity contribution in [3.63, 3.8) is 0 Å². The van der Waals surface area contributed by atoms with E-state index < -0.39 is 35.3 Å². The van der Waals surface area contributed by atoms with E-state index in [1.807, 2.05) is 0 Å². The minimum Gasteiger partial charge on any atom is -0.446 e. The average Bonchev–Trinajstić information content (AvgIpc) is 2.44. The molecule has 23 heavy (non-hydrogen) atoms. The number of primary amides is 1. The standard InChI is InChI=1S/C16H21FN2O4/c1-9(19-15(22)16(2,3)4)14(21)23-12(13(18)20)10-5-7-11(17)8-6-10/h5-9,12H,1-4H3,(H2,18,20)(H,19,22)/t9-,12+/m1/s1. The highest BCUT2D eigenvalue weighted by Gasteiger charge is 2.29. The zero-order valence-corrected chi connectivity index (χ0v) is 13.6. The molecule has 0 fully saturated rings. The van der Waals surface area contributed by atoms with Gasteiger partial charge in [-0.3, -0.25) is 9.59 Å². The SMILES string of the molecule is C[C@@H](NC(=O)C(C)(C)C)C(=O)O[C@H](C(N)=O)c1ccc(F)cc1. The number of nitrogens with one attached hydrogen (secondary N) is 1. The molecule has 0 aromatic heterocycles. The molecule has 1 aromatic rings. The fourth-order valence-electron chi connectivity index (χ4n) is 1.62. The number of amides is 2. The second-order valence-corrected chi connectivity index (χ2v) is 6.22. The van der Waals surface area contributed by atoms with Gasteiger partial charge in [0.25, 0.3) is 5.91 Å². The van der Waals surface area contributed by atoms with Crippen LogP contribution in [0.5, 0.6) is 0 Å². The van der Waals surface area contributed by atoms with Crippen LogP contribution in [-0.4, -0.2) is 23.8 Å². The Balaban J connectivity index is 2.80. The molecule has 6 nitrogen and oxygen atoms in total. The minimum absolute atomic E-state index is 0.251. The minimum atomic E-state index is -1.35. The largest absolute Gasteiger partial charge is 0.446 e. The summed E-state index contributed by atoms with van der Waals surface area (Å²) in [5.41, 5.74) is 4.81. The molecule has 0 aliphatic carbocycles. The van der Waals surface area contributed by atoms with Crippen LogP contribution in [0.4, 0.5) is 4.39 Å². The molecule has 7 heteroatoms. The van der Waals surface area contributed by atoms with Gasteiger partial charge >= 0.3 is 5.97 Å². The monoisotopic (exact) mass is 324 g/mol. The molecule has 0 aliphatic heterocycles. The Morgan fingerprint density at radius 3 is 2.13 bits per heavy atom. The van der Waals surface area contributed by atoms with Crippen LogP contribution in [0.15, 0.2) is 24.3 Å². The molecule has 2 atom stereocenters. The molecular weight excluding hydrogens is 303 g/mol. The molecule has 0 heterocycles. The molecule has 0 unspecified atom stereocenters. The van der Waals surface area contributed by atoms with E-state index in [4.69, 9.17) is 10.5 Å². The molecule has 0 spiro atoms. The van der Waals surface area contributed by atoms with Crippen molar-refractivity contribution in [3.05, 3.63) is 35.6 Å². The predicted molar refractivity (Wildman–Crippen MR) is 81.5 cm³/mol. The van der Waals surface area contributed by atoms with E-state index in [0.29, 0.717) is 0 Å². The molecule has 3 N–H and O–H groups in total. The number of hydrogen-bond acceptors (Lipinski definition) is 4. The van der Waals surface area contributed by atoms with E-state index in [9.17, 15) is 18.8 Å². The molecule has 0 bridgehead atoms. The highest BCUT2D eigenvalue weighted by molar-refractivity contribution is 5.89. The van der Waals surface area contributed by atoms with Crippen molar-refractivity contribution in [2.45, 2.75) is 39.8 Å². The van der Waals surface area contributed by atoms with Gasteiger partial charge in [-0.15, -0.1) is 0 Å². The number of ether oxygens (including phenoxy) is 1. The molecule has 0 saturated heterocycles. The van der Waals surface area contributed by atoms with Crippen molar-refractivity contribution in [2.24, 2.45) is 11.1 Å². The first kappa shape index (κ1) is 18.6. The van der Waals surface area contributed by atoms with Crippen LogP contribution < -0.4 is 11.1 Å². The summed E-state index contributed by atoms with van der Waals surface area (Å²) in [6.45, 7) is 6.54. The van der Waals surface area contributed by atoms with Gasteiger partial charge in [-0.25, -0.2) is 9.18 Å². The van der Waals surface area contributed by atoms with Crippen LogP contribution >= 0.6 is 0 Å². The van der Waals surface area contributed by atoms with Crippen LogP contribution in [0, 0.1) is 11.2 Å². The first-order valence-electron chi connectivity index (χ1n) is 7.08. The van der Waals surface area contributed by atoms with Crippen molar-refractivity contribution in [1.29, 1.82) is 0 Å². The number of nitrogens with two attached hydrogens (primary N) is 1. The summed E-state index contributed by atoms with van der Waals surface area (Å²) in [5.74, 6) is -2.52. The van der Waals surface area contributed by atoms with E-state index in [2.05, 4.69) is 5.32 Å². The van der Waals surface area contributed by atoms with E-state index in [1.54, 1.807) is 20.8 Å². The van der Waals surface area contributed by atoms with Gasteiger partial charge in [-0.05, 0) is 19.1 Å². The number of carbonyl (C=O) groups is 3. The Kier molecular flexibility index (Phi) is 5.84. The summed E-state index contributed by atoms with van der Waals surface area (Å²) in [5, 5.41) is 2.50. The van der Waals surface area contributed by atoms with Gasteiger partial charge in [-0.2, -0.15) is 0 Å². The fourth-order valence-corrected chi connectivity index (χ4v) is 1.62. The Hall–Kier alpha value is -2.44. The van der Waals surface area contributed by atoms with E-state index >= 15 is 0 Å². The Labute approximate surface area is 134 Å². The van der Waals surface area contributed by atoms with E-state index in [0.717, 1.165) is 12.1 Å². The molecular formula is C16H21FN2O4. The molecule has 1 aromatic carbocycles. The molecule has 2 amide bonds. The first-order chi connectivity index (χ1) is 10.5. The lowest BCUT2D eigenvalue weighted by atomic mass is 9.95.